The molecule has 0 radical (unpaired) electrons. The first-order chi connectivity index (χ1) is 10.7. The van der Waals surface area contributed by atoms with E-state index in [9.17, 15) is 4.79 Å². The van der Waals surface area contributed by atoms with Crippen molar-refractivity contribution in [2.45, 2.75) is 25.4 Å². The normalized spacial score (nSPS) is 28.8. The summed E-state index contributed by atoms with van der Waals surface area (Å²) in [7, 11) is 0. The fourth-order valence-corrected chi connectivity index (χ4v) is 3.87. The zero-order valence-corrected chi connectivity index (χ0v) is 14.3. The first-order valence-electron chi connectivity index (χ1n) is 8.05. The van der Waals surface area contributed by atoms with Crippen LogP contribution in [-0.4, -0.2) is 37.0 Å². The van der Waals surface area contributed by atoms with Crippen LogP contribution in [0.4, 0.5) is 0 Å². The average molecular weight is 367 g/mol. The van der Waals surface area contributed by atoms with E-state index in [1.165, 1.54) is 0 Å². The molecule has 0 spiro atoms. The fourth-order valence-electron chi connectivity index (χ4n) is 3.61. The van der Waals surface area contributed by atoms with Crippen LogP contribution >= 0.6 is 15.9 Å². The number of ether oxygens (including phenoxy) is 1. The van der Waals surface area contributed by atoms with Crippen molar-refractivity contribution in [2.24, 2.45) is 17.6 Å². The van der Waals surface area contributed by atoms with Gasteiger partial charge in [0.1, 0.15) is 6.10 Å². The molecule has 3 rings (SSSR count). The molecule has 1 aliphatic heterocycles. The van der Waals surface area contributed by atoms with Gasteiger partial charge in [0, 0.05) is 16.9 Å². The third kappa shape index (κ3) is 3.36. The number of carbonyl (C=O) groups excluding carboxylic acids is 1. The van der Waals surface area contributed by atoms with Crippen LogP contribution in [0.1, 0.15) is 30.9 Å². The summed E-state index contributed by atoms with van der Waals surface area (Å²) in [5.74, 6) is 0.758. The van der Waals surface area contributed by atoms with Gasteiger partial charge in [0.05, 0.1) is 13.2 Å². The molecule has 5 heteroatoms. The molecule has 1 unspecified atom stereocenters. The summed E-state index contributed by atoms with van der Waals surface area (Å²) in [5, 5.41) is 0. The highest BCUT2D eigenvalue weighted by atomic mass is 79.9. The minimum Gasteiger partial charge on any atom is -0.370 e. The Morgan fingerprint density at radius 2 is 2.09 bits per heavy atom. The lowest BCUT2D eigenvalue weighted by molar-refractivity contribution is -0.144. The van der Waals surface area contributed by atoms with Crippen LogP contribution in [-0.2, 0) is 9.53 Å². The smallest absolute Gasteiger partial charge is 0.226 e. The van der Waals surface area contributed by atoms with Crippen LogP contribution in [0.15, 0.2) is 28.7 Å². The summed E-state index contributed by atoms with van der Waals surface area (Å²) in [6, 6.07) is 8.14. The van der Waals surface area contributed by atoms with Gasteiger partial charge in [-0.25, -0.2) is 0 Å². The molecule has 3 atom stereocenters. The van der Waals surface area contributed by atoms with Crippen LogP contribution in [0, 0.1) is 11.8 Å². The second kappa shape index (κ2) is 7.11. The molecule has 1 aliphatic carbocycles. The van der Waals surface area contributed by atoms with Crippen molar-refractivity contribution in [3.63, 3.8) is 0 Å². The first-order valence-corrected chi connectivity index (χ1v) is 8.84. The van der Waals surface area contributed by atoms with Gasteiger partial charge in [0.2, 0.25) is 5.91 Å². The van der Waals surface area contributed by atoms with Crippen molar-refractivity contribution in [2.75, 3.05) is 26.2 Å². The highest BCUT2D eigenvalue weighted by molar-refractivity contribution is 9.10. The SMILES string of the molecule is NC[C@H]1CCC[C@H]1C(=O)N1CCOC(c2ccc(Br)cc2)C1. The molecule has 0 bridgehead atoms. The Morgan fingerprint density at radius 3 is 2.82 bits per heavy atom. The second-order valence-electron chi connectivity index (χ2n) is 6.23. The van der Waals surface area contributed by atoms with E-state index in [0.717, 1.165) is 29.3 Å². The molecule has 1 aromatic rings. The largest absolute Gasteiger partial charge is 0.370 e. The Morgan fingerprint density at radius 1 is 1.32 bits per heavy atom. The maximum absolute atomic E-state index is 12.8. The molecule has 4 nitrogen and oxygen atoms in total. The van der Waals surface area contributed by atoms with E-state index in [-0.39, 0.29) is 17.9 Å². The maximum Gasteiger partial charge on any atom is 0.226 e. The van der Waals surface area contributed by atoms with E-state index in [1.54, 1.807) is 0 Å². The Kier molecular flexibility index (Phi) is 5.16. The zero-order chi connectivity index (χ0) is 15.5. The summed E-state index contributed by atoms with van der Waals surface area (Å²) in [4.78, 5) is 14.8. The number of hydrogen-bond acceptors (Lipinski definition) is 3. The molecular weight excluding hydrogens is 344 g/mol. The number of amides is 1. The molecule has 1 heterocycles. The Bertz CT molecular complexity index is 520. The monoisotopic (exact) mass is 366 g/mol. The number of benzene rings is 1. The minimum atomic E-state index is -0.0245. The molecule has 1 saturated heterocycles. The van der Waals surface area contributed by atoms with E-state index in [1.807, 2.05) is 17.0 Å². The van der Waals surface area contributed by atoms with E-state index in [4.69, 9.17) is 10.5 Å². The Hall–Kier alpha value is -0.910. The van der Waals surface area contributed by atoms with E-state index < -0.39 is 0 Å². The number of nitrogens with zero attached hydrogens (tertiary/aromatic N) is 1. The van der Waals surface area contributed by atoms with Gasteiger partial charge in [-0.2, -0.15) is 0 Å². The highest BCUT2D eigenvalue weighted by Gasteiger charge is 2.36. The van der Waals surface area contributed by atoms with Crippen LogP contribution in [0.25, 0.3) is 0 Å². The second-order valence-corrected chi connectivity index (χ2v) is 7.14. The van der Waals surface area contributed by atoms with Gasteiger partial charge >= 0.3 is 0 Å². The topological polar surface area (TPSA) is 55.6 Å². The van der Waals surface area contributed by atoms with Gasteiger partial charge in [-0.1, -0.05) is 34.5 Å². The van der Waals surface area contributed by atoms with E-state index in [2.05, 4.69) is 28.1 Å². The van der Waals surface area contributed by atoms with Crippen molar-refractivity contribution in [3.8, 4) is 0 Å². The van der Waals surface area contributed by atoms with Crippen molar-refractivity contribution >= 4 is 21.8 Å². The van der Waals surface area contributed by atoms with Gasteiger partial charge in [-0.3, -0.25) is 4.79 Å². The predicted octanol–water partition coefficient (Wildman–Crippen LogP) is 2.72. The summed E-state index contributed by atoms with van der Waals surface area (Å²) in [5.41, 5.74) is 6.95. The number of hydrogen-bond donors (Lipinski definition) is 1. The molecule has 2 N–H and O–H groups in total. The summed E-state index contributed by atoms with van der Waals surface area (Å²) in [6.45, 7) is 2.57. The zero-order valence-electron chi connectivity index (χ0n) is 12.7. The molecule has 1 amide bonds. The highest BCUT2D eigenvalue weighted by Crippen LogP contribution is 2.33. The van der Waals surface area contributed by atoms with Crippen molar-refractivity contribution in [3.05, 3.63) is 34.3 Å². The van der Waals surface area contributed by atoms with Crippen LogP contribution in [0.3, 0.4) is 0 Å². The van der Waals surface area contributed by atoms with Gasteiger partial charge < -0.3 is 15.4 Å². The minimum absolute atomic E-state index is 0.0245. The molecule has 120 valence electrons. The van der Waals surface area contributed by atoms with Gasteiger partial charge in [0.15, 0.2) is 0 Å². The number of morpholine rings is 1. The van der Waals surface area contributed by atoms with Crippen molar-refractivity contribution in [1.29, 1.82) is 0 Å². The van der Waals surface area contributed by atoms with Gasteiger partial charge in [-0.15, -0.1) is 0 Å². The van der Waals surface area contributed by atoms with Gasteiger partial charge in [0.25, 0.3) is 0 Å². The lowest BCUT2D eigenvalue weighted by Crippen LogP contribution is -2.46. The van der Waals surface area contributed by atoms with Crippen LogP contribution in [0.2, 0.25) is 0 Å². The van der Waals surface area contributed by atoms with E-state index >= 15 is 0 Å². The molecule has 2 fully saturated rings. The van der Waals surface area contributed by atoms with Crippen LogP contribution < -0.4 is 5.73 Å². The quantitative estimate of drug-likeness (QED) is 0.894. The summed E-state index contributed by atoms with van der Waals surface area (Å²) < 4.78 is 6.92. The molecule has 1 aromatic carbocycles. The van der Waals surface area contributed by atoms with Crippen molar-refractivity contribution in [1.82, 2.24) is 4.90 Å². The molecular formula is C17H23BrN2O2. The predicted molar refractivity (Wildman–Crippen MR) is 89.3 cm³/mol. The molecule has 22 heavy (non-hydrogen) atoms. The standard InChI is InChI=1S/C17H23BrN2O2/c18-14-6-4-12(5-7-14)16-11-20(8-9-22-16)17(21)15-3-1-2-13(15)10-19/h4-7,13,15-16H,1-3,8-11,19H2/t13-,15-,16?/m1/s1. The Balaban J connectivity index is 1.67. The molecule has 0 aromatic heterocycles. The number of carbonyl (C=O) groups is 1. The van der Waals surface area contributed by atoms with Crippen molar-refractivity contribution < 1.29 is 9.53 Å². The molecule has 2 aliphatic rings. The third-order valence-corrected chi connectivity index (χ3v) is 5.43. The lowest BCUT2D eigenvalue weighted by atomic mass is 9.94. The van der Waals surface area contributed by atoms with Crippen LogP contribution in [0.5, 0.6) is 0 Å². The number of rotatable bonds is 3. The van der Waals surface area contributed by atoms with E-state index in [0.29, 0.717) is 32.2 Å². The maximum atomic E-state index is 12.8. The fraction of sp³-hybridized carbons (Fsp3) is 0.588. The number of halogens is 1. The average Bonchev–Trinajstić information content (AvgIpc) is 3.03. The Labute approximate surface area is 140 Å². The summed E-state index contributed by atoms with van der Waals surface area (Å²) >= 11 is 3.45. The number of nitrogens with two attached hydrogens (primary N) is 1. The lowest BCUT2D eigenvalue weighted by Gasteiger charge is -2.35. The first kappa shape index (κ1) is 16.0. The molecule has 1 saturated carbocycles. The van der Waals surface area contributed by atoms with Gasteiger partial charge in [-0.05, 0) is 43.0 Å². The summed E-state index contributed by atoms with van der Waals surface area (Å²) in [6.07, 6.45) is 3.18. The third-order valence-electron chi connectivity index (χ3n) is 4.90.